The van der Waals surface area contributed by atoms with Gasteiger partial charge >= 0.3 is 0 Å². The molecule has 0 saturated carbocycles. The van der Waals surface area contributed by atoms with E-state index >= 15 is 0 Å². The molecule has 4 heteroatoms. The summed E-state index contributed by atoms with van der Waals surface area (Å²) in [6, 6.07) is -0.0922. The molecule has 1 amide bonds. The Morgan fingerprint density at radius 3 is 3.00 bits per heavy atom. The Morgan fingerprint density at radius 2 is 2.43 bits per heavy atom. The maximum Gasteiger partial charge on any atom is 0.239 e. The van der Waals surface area contributed by atoms with Gasteiger partial charge in [0.15, 0.2) is 0 Å². The summed E-state index contributed by atoms with van der Waals surface area (Å²) in [5.74, 6) is 0.0467. The monoisotopic (exact) mass is 200 g/mol. The zero-order valence-electron chi connectivity index (χ0n) is 8.78. The van der Waals surface area contributed by atoms with Crippen molar-refractivity contribution < 1.29 is 9.90 Å². The van der Waals surface area contributed by atoms with Crippen molar-refractivity contribution in [3.8, 4) is 0 Å². The van der Waals surface area contributed by atoms with Crippen molar-refractivity contribution in [3.05, 3.63) is 0 Å². The lowest BCUT2D eigenvalue weighted by Crippen LogP contribution is -2.44. The normalized spacial score (nSPS) is 23.9. The Hall–Kier alpha value is -0.610. The van der Waals surface area contributed by atoms with Crippen molar-refractivity contribution in [2.45, 2.75) is 44.7 Å². The van der Waals surface area contributed by atoms with Gasteiger partial charge in [0.2, 0.25) is 5.91 Å². The molecule has 4 nitrogen and oxygen atoms in total. The molecule has 1 fully saturated rings. The summed E-state index contributed by atoms with van der Waals surface area (Å²) in [7, 11) is 0. The van der Waals surface area contributed by atoms with Gasteiger partial charge in [-0.15, -0.1) is 0 Å². The van der Waals surface area contributed by atoms with Gasteiger partial charge in [-0.05, 0) is 32.6 Å². The fourth-order valence-electron chi connectivity index (χ4n) is 2.01. The zero-order valence-corrected chi connectivity index (χ0v) is 8.78. The fraction of sp³-hybridized carbons (Fsp3) is 0.900. The van der Waals surface area contributed by atoms with Crippen LogP contribution in [0.1, 0.15) is 32.6 Å². The molecule has 1 aliphatic heterocycles. The maximum atomic E-state index is 11.7. The summed E-state index contributed by atoms with van der Waals surface area (Å²) in [6.45, 7) is 2.76. The van der Waals surface area contributed by atoms with E-state index < -0.39 is 6.04 Å². The van der Waals surface area contributed by atoms with Crippen molar-refractivity contribution in [3.63, 3.8) is 0 Å². The molecule has 1 aliphatic rings. The molecule has 0 bridgehead atoms. The summed E-state index contributed by atoms with van der Waals surface area (Å²) < 4.78 is 0. The number of aliphatic hydroxyl groups is 1. The Labute approximate surface area is 85.1 Å². The van der Waals surface area contributed by atoms with Crippen LogP contribution >= 0.6 is 0 Å². The van der Waals surface area contributed by atoms with E-state index in [1.54, 1.807) is 6.92 Å². The Bertz CT molecular complexity index is 195. The first-order valence-electron chi connectivity index (χ1n) is 5.33. The average Bonchev–Trinajstić information content (AvgIpc) is 2.61. The van der Waals surface area contributed by atoms with E-state index in [4.69, 9.17) is 10.8 Å². The number of likely N-dealkylation sites (tertiary alicyclic amines) is 1. The fourth-order valence-corrected chi connectivity index (χ4v) is 2.01. The topological polar surface area (TPSA) is 66.6 Å². The van der Waals surface area contributed by atoms with Crippen LogP contribution in [-0.4, -0.2) is 41.1 Å². The predicted octanol–water partition coefficient (Wildman–Crippen LogP) is 0.0971. The zero-order chi connectivity index (χ0) is 10.6. The highest BCUT2D eigenvalue weighted by molar-refractivity contribution is 5.81. The largest absolute Gasteiger partial charge is 0.396 e. The van der Waals surface area contributed by atoms with Crippen molar-refractivity contribution in [2.24, 2.45) is 5.73 Å². The van der Waals surface area contributed by atoms with Crippen LogP contribution in [-0.2, 0) is 4.79 Å². The van der Waals surface area contributed by atoms with Crippen LogP contribution in [0.3, 0.4) is 0 Å². The van der Waals surface area contributed by atoms with Gasteiger partial charge in [-0.1, -0.05) is 0 Å². The van der Waals surface area contributed by atoms with E-state index in [0.29, 0.717) is 6.04 Å². The number of carbonyl (C=O) groups excluding carboxylic acids is 1. The number of amides is 1. The van der Waals surface area contributed by atoms with Crippen molar-refractivity contribution in [2.75, 3.05) is 13.2 Å². The number of nitrogens with zero attached hydrogens (tertiary/aromatic N) is 1. The van der Waals surface area contributed by atoms with Gasteiger partial charge in [0.05, 0.1) is 6.04 Å². The lowest BCUT2D eigenvalue weighted by Gasteiger charge is -2.26. The standard InChI is InChI=1S/C10H20N2O2/c1-8(11)10(14)12-6-2-4-9(12)5-3-7-13/h8-9,13H,2-7,11H2,1H3/t8-,9?/m1/s1. The number of carbonyl (C=O) groups is 1. The first-order valence-corrected chi connectivity index (χ1v) is 5.33. The number of rotatable bonds is 4. The van der Waals surface area contributed by atoms with Crippen LogP contribution in [0, 0.1) is 0 Å². The van der Waals surface area contributed by atoms with Gasteiger partial charge in [0.25, 0.3) is 0 Å². The second kappa shape index (κ2) is 5.32. The molecule has 0 radical (unpaired) electrons. The van der Waals surface area contributed by atoms with E-state index in [0.717, 1.165) is 32.2 Å². The second-order valence-corrected chi connectivity index (χ2v) is 3.98. The molecule has 0 spiro atoms. The van der Waals surface area contributed by atoms with E-state index in [1.807, 2.05) is 4.90 Å². The summed E-state index contributed by atoms with van der Waals surface area (Å²) in [6.07, 6.45) is 3.79. The third-order valence-corrected chi connectivity index (χ3v) is 2.75. The molecule has 3 N–H and O–H groups in total. The second-order valence-electron chi connectivity index (χ2n) is 3.98. The van der Waals surface area contributed by atoms with Gasteiger partial charge in [-0.3, -0.25) is 4.79 Å². The van der Waals surface area contributed by atoms with Crippen LogP contribution in [0.5, 0.6) is 0 Å². The minimum atomic E-state index is -0.398. The van der Waals surface area contributed by atoms with Crippen LogP contribution in [0.15, 0.2) is 0 Å². The molecule has 0 aliphatic carbocycles. The molecule has 0 aromatic rings. The predicted molar refractivity (Wildman–Crippen MR) is 54.7 cm³/mol. The van der Waals surface area contributed by atoms with Crippen LogP contribution in [0.4, 0.5) is 0 Å². The third-order valence-electron chi connectivity index (χ3n) is 2.75. The minimum absolute atomic E-state index is 0.0467. The van der Waals surface area contributed by atoms with E-state index in [2.05, 4.69) is 0 Å². The highest BCUT2D eigenvalue weighted by Crippen LogP contribution is 2.21. The lowest BCUT2D eigenvalue weighted by atomic mass is 10.1. The molecular formula is C10H20N2O2. The van der Waals surface area contributed by atoms with Crippen LogP contribution in [0.25, 0.3) is 0 Å². The quantitative estimate of drug-likeness (QED) is 0.676. The number of hydrogen-bond donors (Lipinski definition) is 2. The van der Waals surface area contributed by atoms with Crippen LogP contribution in [0.2, 0.25) is 0 Å². The van der Waals surface area contributed by atoms with Crippen molar-refractivity contribution in [1.29, 1.82) is 0 Å². The number of nitrogens with two attached hydrogens (primary N) is 1. The van der Waals surface area contributed by atoms with Crippen molar-refractivity contribution >= 4 is 5.91 Å². The average molecular weight is 200 g/mol. The van der Waals surface area contributed by atoms with Gasteiger partial charge in [0, 0.05) is 19.2 Å². The molecule has 1 rings (SSSR count). The van der Waals surface area contributed by atoms with Gasteiger partial charge in [0.1, 0.15) is 0 Å². The molecule has 2 atom stereocenters. The Morgan fingerprint density at radius 1 is 1.71 bits per heavy atom. The number of aliphatic hydroxyl groups excluding tert-OH is 1. The Balaban J connectivity index is 2.46. The maximum absolute atomic E-state index is 11.7. The third kappa shape index (κ3) is 2.69. The first-order chi connectivity index (χ1) is 6.66. The molecule has 0 aromatic carbocycles. The minimum Gasteiger partial charge on any atom is -0.396 e. The smallest absolute Gasteiger partial charge is 0.239 e. The Kier molecular flexibility index (Phi) is 4.35. The van der Waals surface area contributed by atoms with E-state index in [1.165, 1.54) is 0 Å². The summed E-state index contributed by atoms with van der Waals surface area (Å²) in [5.41, 5.74) is 5.57. The summed E-state index contributed by atoms with van der Waals surface area (Å²) in [5, 5.41) is 8.73. The summed E-state index contributed by atoms with van der Waals surface area (Å²) in [4.78, 5) is 13.5. The molecule has 1 unspecified atom stereocenters. The SMILES string of the molecule is C[C@@H](N)C(=O)N1CCCC1CCCO. The van der Waals surface area contributed by atoms with E-state index in [9.17, 15) is 4.79 Å². The molecule has 14 heavy (non-hydrogen) atoms. The van der Waals surface area contributed by atoms with Gasteiger partial charge in [-0.25, -0.2) is 0 Å². The lowest BCUT2D eigenvalue weighted by molar-refractivity contribution is -0.133. The summed E-state index contributed by atoms with van der Waals surface area (Å²) >= 11 is 0. The number of hydrogen-bond acceptors (Lipinski definition) is 3. The highest BCUT2D eigenvalue weighted by atomic mass is 16.3. The van der Waals surface area contributed by atoms with Gasteiger partial charge in [-0.2, -0.15) is 0 Å². The van der Waals surface area contributed by atoms with Crippen LogP contribution < -0.4 is 5.73 Å². The highest BCUT2D eigenvalue weighted by Gasteiger charge is 2.29. The first kappa shape index (κ1) is 11.5. The van der Waals surface area contributed by atoms with Gasteiger partial charge < -0.3 is 15.7 Å². The molecule has 82 valence electrons. The van der Waals surface area contributed by atoms with Crippen molar-refractivity contribution in [1.82, 2.24) is 4.90 Å². The molecule has 1 saturated heterocycles. The molecule has 1 heterocycles. The van der Waals surface area contributed by atoms with E-state index in [-0.39, 0.29) is 12.5 Å². The molecular weight excluding hydrogens is 180 g/mol. The molecule has 0 aromatic heterocycles.